The Morgan fingerprint density at radius 3 is 3.10 bits per heavy atom. The highest BCUT2D eigenvalue weighted by Gasteiger charge is 2.06. The topological polar surface area (TPSA) is 75.8 Å². The first-order valence-electron chi connectivity index (χ1n) is 6.51. The number of imidazole rings is 1. The van der Waals surface area contributed by atoms with Crippen molar-refractivity contribution >= 4 is 16.8 Å². The zero-order valence-electron chi connectivity index (χ0n) is 11.4. The van der Waals surface area contributed by atoms with Gasteiger partial charge in [0.15, 0.2) is 5.58 Å². The van der Waals surface area contributed by atoms with Crippen LogP contribution in [0.3, 0.4) is 0 Å². The molecule has 2 aromatic heterocycles. The van der Waals surface area contributed by atoms with E-state index < -0.39 is 5.76 Å². The molecule has 0 amide bonds. The summed E-state index contributed by atoms with van der Waals surface area (Å²) in [6.45, 7) is 4.91. The Kier molecular flexibility index (Phi) is 3.06. The van der Waals surface area contributed by atoms with E-state index in [9.17, 15) is 4.79 Å². The molecule has 20 heavy (non-hydrogen) atoms. The van der Waals surface area contributed by atoms with Crippen LogP contribution in [0, 0.1) is 0 Å². The van der Waals surface area contributed by atoms with Gasteiger partial charge in [-0.1, -0.05) is 0 Å². The molecule has 0 aliphatic carbocycles. The normalized spacial score (nSPS) is 11.3. The molecule has 2 N–H and O–H groups in total. The van der Waals surface area contributed by atoms with Gasteiger partial charge in [-0.3, -0.25) is 4.98 Å². The summed E-state index contributed by atoms with van der Waals surface area (Å²) >= 11 is 0. The molecule has 0 aliphatic rings. The number of H-pyrrole nitrogens is 1. The van der Waals surface area contributed by atoms with Crippen molar-refractivity contribution in [3.8, 4) is 0 Å². The molecule has 0 unspecified atom stereocenters. The van der Waals surface area contributed by atoms with Gasteiger partial charge in [0.1, 0.15) is 0 Å². The summed E-state index contributed by atoms with van der Waals surface area (Å²) in [5, 5.41) is 3.32. The summed E-state index contributed by atoms with van der Waals surface area (Å²) in [7, 11) is 0. The lowest BCUT2D eigenvalue weighted by Crippen LogP contribution is -2.08. The number of aromatic nitrogens is 3. The average molecular weight is 272 g/mol. The number of fused-ring (bicyclic) bond motifs is 1. The highest BCUT2D eigenvalue weighted by atomic mass is 16.4. The van der Waals surface area contributed by atoms with E-state index in [4.69, 9.17) is 4.42 Å². The van der Waals surface area contributed by atoms with E-state index in [1.165, 1.54) is 0 Å². The van der Waals surface area contributed by atoms with E-state index in [0.29, 0.717) is 23.7 Å². The highest BCUT2D eigenvalue weighted by molar-refractivity contribution is 5.76. The molecular weight excluding hydrogens is 256 g/mol. The van der Waals surface area contributed by atoms with Crippen molar-refractivity contribution in [2.24, 2.45) is 0 Å². The molecule has 3 aromatic rings. The number of hydrogen-bond donors (Lipinski definition) is 2. The highest BCUT2D eigenvalue weighted by Crippen LogP contribution is 2.17. The third kappa shape index (κ3) is 2.32. The average Bonchev–Trinajstić information content (AvgIpc) is 3.00. The van der Waals surface area contributed by atoms with Gasteiger partial charge in [-0.25, -0.2) is 9.78 Å². The quantitative estimate of drug-likeness (QED) is 0.765. The first-order chi connectivity index (χ1) is 9.63. The van der Waals surface area contributed by atoms with Gasteiger partial charge in [-0.05, 0) is 32.0 Å². The maximum atomic E-state index is 11.1. The maximum Gasteiger partial charge on any atom is 0.417 e. The van der Waals surface area contributed by atoms with Crippen molar-refractivity contribution in [2.75, 3.05) is 5.32 Å². The van der Waals surface area contributed by atoms with Crippen LogP contribution in [-0.2, 0) is 6.54 Å². The second kappa shape index (κ2) is 4.88. The Balaban J connectivity index is 1.79. The molecule has 0 radical (unpaired) electrons. The molecule has 6 heteroatoms. The Labute approximate surface area is 115 Å². The molecule has 1 aromatic carbocycles. The SMILES string of the molecule is CC(C)n1cncc1CNc1ccc2oc(=O)[nH]c2c1. The third-order valence-corrected chi connectivity index (χ3v) is 3.20. The molecule has 0 saturated heterocycles. The molecule has 0 saturated carbocycles. The number of aromatic amines is 1. The van der Waals surface area contributed by atoms with Crippen molar-refractivity contribution in [1.82, 2.24) is 14.5 Å². The lowest BCUT2D eigenvalue weighted by atomic mass is 10.2. The lowest BCUT2D eigenvalue weighted by Gasteiger charge is -2.12. The number of oxazole rings is 1. The number of nitrogens with one attached hydrogen (secondary N) is 2. The van der Waals surface area contributed by atoms with E-state index in [1.54, 1.807) is 6.07 Å². The molecule has 104 valence electrons. The number of benzene rings is 1. The summed E-state index contributed by atoms with van der Waals surface area (Å²) in [6.07, 6.45) is 3.68. The minimum Gasteiger partial charge on any atom is -0.408 e. The summed E-state index contributed by atoms with van der Waals surface area (Å²) in [5.41, 5.74) is 3.29. The van der Waals surface area contributed by atoms with Gasteiger partial charge >= 0.3 is 5.76 Å². The van der Waals surface area contributed by atoms with Gasteiger partial charge in [0.25, 0.3) is 0 Å². The Bertz CT molecular complexity index is 782. The number of hydrogen-bond acceptors (Lipinski definition) is 4. The van der Waals surface area contributed by atoms with Crippen LogP contribution in [0.2, 0.25) is 0 Å². The Morgan fingerprint density at radius 1 is 1.45 bits per heavy atom. The van der Waals surface area contributed by atoms with Gasteiger partial charge in [0.2, 0.25) is 0 Å². The predicted molar refractivity (Wildman–Crippen MR) is 76.8 cm³/mol. The van der Waals surface area contributed by atoms with Crippen LogP contribution in [-0.4, -0.2) is 14.5 Å². The monoisotopic (exact) mass is 272 g/mol. The molecule has 0 spiro atoms. The van der Waals surface area contributed by atoms with Crippen LogP contribution >= 0.6 is 0 Å². The second-order valence-corrected chi connectivity index (χ2v) is 4.97. The van der Waals surface area contributed by atoms with Crippen molar-refractivity contribution in [1.29, 1.82) is 0 Å². The van der Waals surface area contributed by atoms with Crippen LogP contribution in [0.15, 0.2) is 39.9 Å². The zero-order valence-corrected chi connectivity index (χ0v) is 11.4. The van der Waals surface area contributed by atoms with Crippen molar-refractivity contribution in [3.05, 3.63) is 47.0 Å². The zero-order chi connectivity index (χ0) is 14.1. The standard InChI is InChI=1S/C14H16N4O2/c1-9(2)18-8-15-6-11(18)7-16-10-3-4-13-12(5-10)17-14(19)20-13/h3-6,8-9,16H,7H2,1-2H3,(H,17,19). The summed E-state index contributed by atoms with van der Waals surface area (Å²) in [5.74, 6) is -0.435. The molecule has 0 fully saturated rings. The largest absolute Gasteiger partial charge is 0.417 e. The van der Waals surface area contributed by atoms with Crippen molar-refractivity contribution in [3.63, 3.8) is 0 Å². The summed E-state index contributed by atoms with van der Waals surface area (Å²) in [6, 6.07) is 5.89. The fraction of sp³-hybridized carbons (Fsp3) is 0.286. The van der Waals surface area contributed by atoms with Crippen LogP contribution in [0.25, 0.3) is 11.1 Å². The van der Waals surface area contributed by atoms with Crippen molar-refractivity contribution in [2.45, 2.75) is 26.4 Å². The fourth-order valence-corrected chi connectivity index (χ4v) is 2.19. The summed E-state index contributed by atoms with van der Waals surface area (Å²) < 4.78 is 7.09. The molecule has 3 rings (SSSR count). The van der Waals surface area contributed by atoms with Gasteiger partial charge in [0.05, 0.1) is 24.1 Å². The molecule has 0 bridgehead atoms. The van der Waals surface area contributed by atoms with Crippen molar-refractivity contribution < 1.29 is 4.42 Å². The third-order valence-electron chi connectivity index (χ3n) is 3.20. The Morgan fingerprint density at radius 2 is 2.30 bits per heavy atom. The minimum absolute atomic E-state index is 0.377. The summed E-state index contributed by atoms with van der Waals surface area (Å²) in [4.78, 5) is 17.9. The molecular formula is C14H16N4O2. The van der Waals surface area contributed by atoms with Crippen LogP contribution in [0.5, 0.6) is 0 Å². The fourth-order valence-electron chi connectivity index (χ4n) is 2.19. The van der Waals surface area contributed by atoms with Gasteiger partial charge in [-0.2, -0.15) is 0 Å². The smallest absolute Gasteiger partial charge is 0.408 e. The number of rotatable bonds is 4. The van der Waals surface area contributed by atoms with Gasteiger partial charge in [0, 0.05) is 17.9 Å². The van der Waals surface area contributed by atoms with E-state index in [2.05, 4.69) is 33.7 Å². The van der Waals surface area contributed by atoms with Crippen LogP contribution in [0.4, 0.5) is 5.69 Å². The van der Waals surface area contributed by atoms with E-state index in [-0.39, 0.29) is 0 Å². The first-order valence-corrected chi connectivity index (χ1v) is 6.51. The second-order valence-electron chi connectivity index (χ2n) is 4.97. The maximum absolute atomic E-state index is 11.1. The van der Waals surface area contributed by atoms with E-state index in [0.717, 1.165) is 11.4 Å². The molecule has 6 nitrogen and oxygen atoms in total. The molecule has 2 heterocycles. The predicted octanol–water partition coefficient (Wildman–Crippen LogP) is 2.51. The van der Waals surface area contributed by atoms with Crippen LogP contribution in [0.1, 0.15) is 25.6 Å². The Hall–Kier alpha value is -2.50. The first kappa shape index (κ1) is 12.5. The number of nitrogens with zero attached hydrogens (tertiary/aromatic N) is 2. The van der Waals surface area contributed by atoms with E-state index in [1.807, 2.05) is 24.7 Å². The molecule has 0 atom stereocenters. The molecule has 0 aliphatic heterocycles. The van der Waals surface area contributed by atoms with Gasteiger partial charge < -0.3 is 14.3 Å². The van der Waals surface area contributed by atoms with Crippen LogP contribution < -0.4 is 11.1 Å². The van der Waals surface area contributed by atoms with Gasteiger partial charge in [-0.15, -0.1) is 0 Å². The number of anilines is 1. The van der Waals surface area contributed by atoms with E-state index >= 15 is 0 Å². The lowest BCUT2D eigenvalue weighted by molar-refractivity contribution is 0.555. The minimum atomic E-state index is -0.435.